The average Bonchev–Trinajstić information content (AvgIpc) is 3.09. The number of ether oxygens (including phenoxy) is 1. The van der Waals surface area contributed by atoms with Crippen molar-refractivity contribution in [3.05, 3.63) is 101 Å². The van der Waals surface area contributed by atoms with E-state index in [0.717, 1.165) is 5.56 Å². The molecule has 1 unspecified atom stereocenters. The Hall–Kier alpha value is -4.37. The van der Waals surface area contributed by atoms with E-state index in [1.807, 2.05) is 37.3 Å². The molecule has 0 saturated carbocycles. The summed E-state index contributed by atoms with van der Waals surface area (Å²) in [6.07, 6.45) is 0. The number of aryl methyl sites for hydroxylation is 1. The number of para-hydroxylation sites is 1. The molecule has 1 amide bonds. The van der Waals surface area contributed by atoms with Crippen molar-refractivity contribution in [2.75, 3.05) is 12.0 Å². The maximum absolute atomic E-state index is 13.2. The molecule has 4 rings (SSSR count). The normalized spacial score (nSPS) is 17.3. The number of benzene rings is 3. The fourth-order valence-corrected chi connectivity index (χ4v) is 3.97. The summed E-state index contributed by atoms with van der Waals surface area (Å²) < 4.78 is 5.36. The number of aliphatic hydroxyl groups is 1. The monoisotopic (exact) mass is 424 g/mol. The Kier molecular flexibility index (Phi) is 5.48. The van der Waals surface area contributed by atoms with Gasteiger partial charge >= 0.3 is 0 Å². The van der Waals surface area contributed by atoms with Crippen molar-refractivity contribution >= 4 is 23.1 Å². The molecule has 0 aliphatic carbocycles. The highest BCUT2D eigenvalue weighted by molar-refractivity contribution is 6.51. The number of hydrogen-bond donors (Lipinski definition) is 1. The number of amides is 1. The van der Waals surface area contributed by atoms with Crippen LogP contribution < -0.4 is 9.64 Å². The molecule has 158 valence electrons. The molecule has 3 aromatic carbocycles. The molecule has 1 atom stereocenters. The van der Waals surface area contributed by atoms with Crippen molar-refractivity contribution in [3.8, 4) is 11.8 Å². The zero-order valence-corrected chi connectivity index (χ0v) is 17.6. The first-order chi connectivity index (χ1) is 15.5. The van der Waals surface area contributed by atoms with Crippen molar-refractivity contribution in [2.24, 2.45) is 0 Å². The van der Waals surface area contributed by atoms with Crippen molar-refractivity contribution in [2.45, 2.75) is 13.0 Å². The lowest BCUT2D eigenvalue weighted by Crippen LogP contribution is -2.29. The van der Waals surface area contributed by atoms with Gasteiger partial charge in [0.25, 0.3) is 11.7 Å². The summed E-state index contributed by atoms with van der Waals surface area (Å²) in [6.45, 7) is 1.89. The highest BCUT2D eigenvalue weighted by Gasteiger charge is 2.47. The van der Waals surface area contributed by atoms with E-state index in [1.165, 1.54) is 12.0 Å². The van der Waals surface area contributed by atoms with Crippen LogP contribution >= 0.6 is 0 Å². The zero-order chi connectivity index (χ0) is 22.8. The lowest BCUT2D eigenvalue weighted by Gasteiger charge is -2.26. The molecule has 0 bridgehead atoms. The number of carbonyl (C=O) groups is 2. The number of methoxy groups -OCH3 is 1. The number of rotatable bonds is 4. The smallest absolute Gasteiger partial charge is 0.300 e. The highest BCUT2D eigenvalue weighted by Crippen LogP contribution is 2.44. The second kappa shape index (κ2) is 8.40. The first-order valence-electron chi connectivity index (χ1n) is 9.98. The van der Waals surface area contributed by atoms with Crippen LogP contribution in [-0.4, -0.2) is 23.9 Å². The standard InChI is InChI=1S/C26H20N2O4/c1-16-7-3-4-8-19(16)23-22(24(29)20-9-5-6-10-21(20)32-2)25(30)26(31)28(23)18-13-11-17(15-27)12-14-18/h3-14,23,29H,1-2H3/b24-22+. The zero-order valence-electron chi connectivity index (χ0n) is 17.6. The van der Waals surface area contributed by atoms with Gasteiger partial charge in [-0.25, -0.2) is 0 Å². The fraction of sp³-hybridized carbons (Fsp3) is 0.115. The molecule has 3 aromatic rings. The predicted molar refractivity (Wildman–Crippen MR) is 120 cm³/mol. The lowest BCUT2D eigenvalue weighted by atomic mass is 9.92. The quantitative estimate of drug-likeness (QED) is 0.378. The van der Waals surface area contributed by atoms with Crippen molar-refractivity contribution in [1.29, 1.82) is 5.26 Å². The van der Waals surface area contributed by atoms with Crippen LogP contribution in [0, 0.1) is 18.3 Å². The third-order valence-corrected chi connectivity index (χ3v) is 5.56. The number of nitriles is 1. The third-order valence-electron chi connectivity index (χ3n) is 5.56. The number of anilines is 1. The predicted octanol–water partition coefficient (Wildman–Crippen LogP) is 4.50. The average molecular weight is 424 g/mol. The Labute approximate surface area is 185 Å². The molecule has 0 radical (unpaired) electrons. The van der Waals surface area contributed by atoms with Crippen molar-refractivity contribution in [3.63, 3.8) is 0 Å². The van der Waals surface area contributed by atoms with Crippen LogP contribution in [0.5, 0.6) is 5.75 Å². The maximum atomic E-state index is 13.2. The van der Waals surface area contributed by atoms with Crippen LogP contribution in [0.4, 0.5) is 5.69 Å². The minimum atomic E-state index is -0.839. The molecule has 0 spiro atoms. The summed E-state index contributed by atoms with van der Waals surface area (Å²) in [5.74, 6) is -1.45. The van der Waals surface area contributed by atoms with E-state index in [9.17, 15) is 14.7 Å². The lowest BCUT2D eigenvalue weighted by molar-refractivity contribution is -0.132. The van der Waals surface area contributed by atoms with Crippen LogP contribution in [-0.2, 0) is 9.59 Å². The molecule has 1 heterocycles. The van der Waals surface area contributed by atoms with Gasteiger partial charge in [0.2, 0.25) is 0 Å². The fourth-order valence-electron chi connectivity index (χ4n) is 3.97. The molecular weight excluding hydrogens is 404 g/mol. The summed E-state index contributed by atoms with van der Waals surface area (Å²) >= 11 is 0. The Morgan fingerprint density at radius 1 is 1.00 bits per heavy atom. The van der Waals surface area contributed by atoms with Gasteiger partial charge in [-0.2, -0.15) is 5.26 Å². The number of Topliss-reactive ketones (excluding diaryl/α,β-unsaturated/α-hetero) is 1. The summed E-state index contributed by atoms with van der Waals surface area (Å²) in [5, 5.41) is 20.4. The Morgan fingerprint density at radius 2 is 1.66 bits per heavy atom. The maximum Gasteiger partial charge on any atom is 0.300 e. The van der Waals surface area contributed by atoms with Gasteiger partial charge in [-0.3, -0.25) is 14.5 Å². The Balaban J connectivity index is 1.98. The minimum absolute atomic E-state index is 0.0156. The van der Waals surface area contributed by atoms with Crippen LogP contribution in [0.25, 0.3) is 5.76 Å². The number of hydrogen-bond acceptors (Lipinski definition) is 5. The van der Waals surface area contributed by atoms with Crippen LogP contribution in [0.2, 0.25) is 0 Å². The van der Waals surface area contributed by atoms with Gasteiger partial charge in [-0.05, 0) is 54.4 Å². The van der Waals surface area contributed by atoms with Crippen molar-refractivity contribution in [1.82, 2.24) is 0 Å². The second-order valence-corrected chi connectivity index (χ2v) is 7.38. The highest BCUT2D eigenvalue weighted by atomic mass is 16.5. The van der Waals surface area contributed by atoms with E-state index >= 15 is 0 Å². The van der Waals surface area contributed by atoms with Gasteiger partial charge in [-0.1, -0.05) is 36.4 Å². The van der Waals surface area contributed by atoms with Gasteiger partial charge in [0.05, 0.1) is 35.9 Å². The Bertz CT molecular complexity index is 1290. The van der Waals surface area contributed by atoms with E-state index in [1.54, 1.807) is 48.5 Å². The first kappa shape index (κ1) is 20.9. The van der Waals surface area contributed by atoms with Gasteiger partial charge < -0.3 is 9.84 Å². The molecule has 1 N–H and O–H groups in total. The van der Waals surface area contributed by atoms with Gasteiger partial charge in [0, 0.05) is 5.69 Å². The Morgan fingerprint density at radius 3 is 2.31 bits per heavy atom. The largest absolute Gasteiger partial charge is 0.507 e. The number of nitrogens with zero attached hydrogens (tertiary/aromatic N) is 2. The summed E-state index contributed by atoms with van der Waals surface area (Å²) in [7, 11) is 1.47. The van der Waals surface area contributed by atoms with Crippen LogP contribution in [0.1, 0.15) is 28.3 Å². The summed E-state index contributed by atoms with van der Waals surface area (Å²) in [6, 6.07) is 21.8. The van der Waals surface area contributed by atoms with E-state index in [0.29, 0.717) is 28.1 Å². The van der Waals surface area contributed by atoms with Crippen molar-refractivity contribution < 1.29 is 19.4 Å². The van der Waals surface area contributed by atoms with Gasteiger partial charge in [0.1, 0.15) is 11.5 Å². The molecular formula is C26H20N2O4. The summed E-state index contributed by atoms with van der Waals surface area (Å²) in [5.41, 5.74) is 2.78. The van der Waals surface area contributed by atoms with Crippen LogP contribution in [0.15, 0.2) is 78.4 Å². The number of aliphatic hydroxyl groups excluding tert-OH is 1. The molecule has 6 nitrogen and oxygen atoms in total. The molecule has 1 fully saturated rings. The SMILES string of the molecule is COc1ccccc1/C(O)=C1\C(=O)C(=O)N(c2ccc(C#N)cc2)C1c1ccccc1C. The molecule has 6 heteroatoms. The first-order valence-corrected chi connectivity index (χ1v) is 9.98. The van der Waals surface area contributed by atoms with E-state index in [-0.39, 0.29) is 11.3 Å². The molecule has 0 aromatic heterocycles. The van der Waals surface area contributed by atoms with Gasteiger partial charge in [-0.15, -0.1) is 0 Å². The third kappa shape index (κ3) is 3.40. The van der Waals surface area contributed by atoms with E-state index in [4.69, 9.17) is 10.00 Å². The van der Waals surface area contributed by atoms with Crippen LogP contribution in [0.3, 0.4) is 0 Å². The molecule has 32 heavy (non-hydrogen) atoms. The summed E-state index contributed by atoms with van der Waals surface area (Å²) in [4.78, 5) is 27.8. The minimum Gasteiger partial charge on any atom is -0.507 e. The molecule has 1 saturated heterocycles. The van der Waals surface area contributed by atoms with Gasteiger partial charge in [0.15, 0.2) is 0 Å². The number of carbonyl (C=O) groups excluding carboxylic acids is 2. The number of ketones is 1. The van der Waals surface area contributed by atoms with E-state index in [2.05, 4.69) is 0 Å². The molecule has 1 aliphatic rings. The topological polar surface area (TPSA) is 90.6 Å². The second-order valence-electron chi connectivity index (χ2n) is 7.38. The molecule has 1 aliphatic heterocycles. The van der Waals surface area contributed by atoms with E-state index < -0.39 is 17.7 Å².